The molecule has 2 heterocycles. The molecule has 1 aromatic carbocycles. The summed E-state index contributed by atoms with van der Waals surface area (Å²) in [4.78, 5) is 40.5. The van der Waals surface area contributed by atoms with Gasteiger partial charge in [0.2, 0.25) is 5.91 Å². The van der Waals surface area contributed by atoms with Crippen LogP contribution in [-0.4, -0.2) is 71.1 Å². The molecular weight excluding hydrogens is 440 g/mol. The van der Waals surface area contributed by atoms with E-state index >= 15 is 0 Å². The molecule has 1 fully saturated rings. The van der Waals surface area contributed by atoms with Crippen molar-refractivity contribution < 1.29 is 33.0 Å². The molecule has 12 heteroatoms. The molecule has 0 bridgehead atoms. The van der Waals surface area contributed by atoms with E-state index in [1.807, 2.05) is 0 Å². The van der Waals surface area contributed by atoms with Gasteiger partial charge < -0.3 is 25.4 Å². The summed E-state index contributed by atoms with van der Waals surface area (Å²) >= 11 is 0. The standard InChI is InChI=1S/C21H21F2N5O5/c22-21(23)9-13(10-24)28(12-21)17(29)11-27-19(30)15-5-7-25-18-14(15)3-1-4-16(18)33-8-2-6-26-20(31)32/h1,3-5,7,13,26H,2,6,8-9,11-12H2,(H,27,30)(H,31,32)/t13-/m0/s1. The fraction of sp³-hybridized carbons (Fsp3) is 0.381. The van der Waals surface area contributed by atoms with Gasteiger partial charge in [-0.3, -0.25) is 14.6 Å². The molecule has 0 saturated carbocycles. The molecule has 0 aliphatic carbocycles. The lowest BCUT2D eigenvalue weighted by Gasteiger charge is -2.19. The highest BCUT2D eigenvalue weighted by atomic mass is 19.3. The molecule has 33 heavy (non-hydrogen) atoms. The van der Waals surface area contributed by atoms with Crippen LogP contribution in [0.2, 0.25) is 0 Å². The van der Waals surface area contributed by atoms with Crippen molar-refractivity contribution in [1.82, 2.24) is 20.5 Å². The van der Waals surface area contributed by atoms with Crippen LogP contribution in [0.1, 0.15) is 23.2 Å². The zero-order chi connectivity index (χ0) is 24.0. The van der Waals surface area contributed by atoms with Gasteiger partial charge in [0.05, 0.1) is 31.3 Å². The molecule has 1 atom stereocenters. The number of likely N-dealkylation sites (tertiary alicyclic amines) is 1. The molecule has 174 valence electrons. The Balaban J connectivity index is 1.66. The summed E-state index contributed by atoms with van der Waals surface area (Å²) < 4.78 is 32.8. The van der Waals surface area contributed by atoms with Crippen LogP contribution in [0, 0.1) is 11.3 Å². The van der Waals surface area contributed by atoms with E-state index < -0.39 is 49.4 Å². The number of para-hydroxylation sites is 1. The predicted molar refractivity (Wildman–Crippen MR) is 111 cm³/mol. The number of hydrogen-bond donors (Lipinski definition) is 3. The van der Waals surface area contributed by atoms with Gasteiger partial charge in [0, 0.05) is 24.5 Å². The maximum atomic E-state index is 13.6. The Kier molecular flexibility index (Phi) is 7.22. The molecule has 1 saturated heterocycles. The highest BCUT2D eigenvalue weighted by Crippen LogP contribution is 2.31. The Morgan fingerprint density at radius 1 is 1.30 bits per heavy atom. The van der Waals surface area contributed by atoms with Crippen molar-refractivity contribution in [1.29, 1.82) is 5.26 Å². The number of pyridine rings is 1. The van der Waals surface area contributed by atoms with Gasteiger partial charge in [-0.25, -0.2) is 13.6 Å². The predicted octanol–water partition coefficient (Wildman–Crippen LogP) is 1.76. The van der Waals surface area contributed by atoms with Crippen LogP contribution in [0.5, 0.6) is 5.75 Å². The van der Waals surface area contributed by atoms with Gasteiger partial charge in [0.15, 0.2) is 0 Å². The molecule has 3 amide bonds. The number of benzene rings is 1. The van der Waals surface area contributed by atoms with E-state index in [1.54, 1.807) is 24.3 Å². The SMILES string of the molecule is N#C[C@@H]1CC(F)(F)CN1C(=O)CNC(=O)c1ccnc2c(OCCCNC(=O)O)cccc12. The first-order chi connectivity index (χ1) is 15.7. The lowest BCUT2D eigenvalue weighted by molar-refractivity contribution is -0.131. The largest absolute Gasteiger partial charge is 0.491 e. The van der Waals surface area contributed by atoms with Gasteiger partial charge in [-0.1, -0.05) is 12.1 Å². The number of carboxylic acid groups (broad SMARTS) is 1. The molecule has 2 aromatic rings. The van der Waals surface area contributed by atoms with Gasteiger partial charge in [-0.2, -0.15) is 5.26 Å². The van der Waals surface area contributed by atoms with Gasteiger partial charge in [-0.05, 0) is 18.6 Å². The highest BCUT2D eigenvalue weighted by molar-refractivity contribution is 6.07. The number of carbonyl (C=O) groups is 3. The maximum absolute atomic E-state index is 13.6. The van der Waals surface area contributed by atoms with Crippen molar-refractivity contribution in [2.75, 3.05) is 26.2 Å². The van der Waals surface area contributed by atoms with E-state index in [-0.39, 0.29) is 18.7 Å². The fourth-order valence-corrected chi connectivity index (χ4v) is 3.46. The summed E-state index contributed by atoms with van der Waals surface area (Å²) in [5, 5.41) is 22.7. The van der Waals surface area contributed by atoms with Crippen LogP contribution < -0.4 is 15.4 Å². The van der Waals surface area contributed by atoms with Crippen LogP contribution in [-0.2, 0) is 4.79 Å². The Morgan fingerprint density at radius 2 is 2.09 bits per heavy atom. The zero-order valence-corrected chi connectivity index (χ0v) is 17.4. The number of alkyl halides is 2. The third-order valence-corrected chi connectivity index (χ3v) is 4.97. The number of fused-ring (bicyclic) bond motifs is 1. The molecule has 1 aromatic heterocycles. The third kappa shape index (κ3) is 5.82. The number of nitrogens with one attached hydrogen (secondary N) is 2. The minimum atomic E-state index is -3.14. The zero-order valence-electron chi connectivity index (χ0n) is 17.4. The molecule has 1 aliphatic heterocycles. The van der Waals surface area contributed by atoms with E-state index in [0.29, 0.717) is 23.1 Å². The van der Waals surface area contributed by atoms with E-state index in [9.17, 15) is 23.2 Å². The lowest BCUT2D eigenvalue weighted by atomic mass is 10.1. The van der Waals surface area contributed by atoms with E-state index in [4.69, 9.17) is 15.1 Å². The second-order valence-corrected chi connectivity index (χ2v) is 7.35. The monoisotopic (exact) mass is 461 g/mol. The Labute approximate surface area is 187 Å². The topological polar surface area (TPSA) is 145 Å². The number of aromatic nitrogens is 1. The van der Waals surface area contributed by atoms with Crippen molar-refractivity contribution in [3.8, 4) is 11.8 Å². The van der Waals surface area contributed by atoms with Crippen molar-refractivity contribution in [2.45, 2.75) is 24.8 Å². The number of nitriles is 1. The van der Waals surface area contributed by atoms with Crippen molar-refractivity contribution in [2.24, 2.45) is 0 Å². The minimum Gasteiger partial charge on any atom is -0.491 e. The average molecular weight is 461 g/mol. The molecule has 3 N–H and O–H groups in total. The summed E-state index contributed by atoms with van der Waals surface area (Å²) in [6.07, 6.45) is -0.0418. The number of halogens is 2. The average Bonchev–Trinajstić information content (AvgIpc) is 3.11. The van der Waals surface area contributed by atoms with Crippen molar-refractivity contribution in [3.63, 3.8) is 0 Å². The van der Waals surface area contributed by atoms with Gasteiger partial charge in [0.1, 0.15) is 17.3 Å². The molecule has 0 unspecified atom stereocenters. The van der Waals surface area contributed by atoms with Crippen molar-refractivity contribution in [3.05, 3.63) is 36.0 Å². The first kappa shape index (κ1) is 23.6. The smallest absolute Gasteiger partial charge is 0.404 e. The van der Waals surface area contributed by atoms with E-state index in [0.717, 1.165) is 4.90 Å². The minimum absolute atomic E-state index is 0.203. The molecule has 1 aliphatic rings. The van der Waals surface area contributed by atoms with Crippen LogP contribution in [0.4, 0.5) is 13.6 Å². The number of amides is 3. The summed E-state index contributed by atoms with van der Waals surface area (Å²) in [6, 6.07) is 6.85. The van der Waals surface area contributed by atoms with E-state index in [2.05, 4.69) is 15.6 Å². The maximum Gasteiger partial charge on any atom is 0.404 e. The highest BCUT2D eigenvalue weighted by Gasteiger charge is 2.47. The summed E-state index contributed by atoms with van der Waals surface area (Å²) in [5.74, 6) is -4.13. The summed E-state index contributed by atoms with van der Waals surface area (Å²) in [5.41, 5.74) is 0.598. The van der Waals surface area contributed by atoms with Crippen LogP contribution in [0.15, 0.2) is 30.5 Å². The number of rotatable bonds is 8. The summed E-state index contributed by atoms with van der Waals surface area (Å²) in [6.45, 7) is -0.970. The number of hydrogen-bond acceptors (Lipinski definition) is 6. The van der Waals surface area contributed by atoms with Crippen molar-refractivity contribution >= 4 is 28.8 Å². The van der Waals surface area contributed by atoms with Gasteiger partial charge in [0.25, 0.3) is 11.8 Å². The van der Waals surface area contributed by atoms with Crippen LogP contribution in [0.25, 0.3) is 10.9 Å². The molecule has 0 spiro atoms. The molecule has 0 radical (unpaired) electrons. The molecule has 10 nitrogen and oxygen atoms in total. The molecular formula is C21H21F2N5O5. The van der Waals surface area contributed by atoms with E-state index in [1.165, 1.54) is 12.3 Å². The summed E-state index contributed by atoms with van der Waals surface area (Å²) in [7, 11) is 0. The van der Waals surface area contributed by atoms with Crippen LogP contribution in [0.3, 0.4) is 0 Å². The third-order valence-electron chi connectivity index (χ3n) is 4.97. The van der Waals surface area contributed by atoms with Crippen LogP contribution >= 0.6 is 0 Å². The second-order valence-electron chi connectivity index (χ2n) is 7.35. The normalized spacial score (nSPS) is 16.8. The fourth-order valence-electron chi connectivity index (χ4n) is 3.46. The second kappa shape index (κ2) is 10.1. The lowest BCUT2D eigenvalue weighted by Crippen LogP contribution is -2.43. The first-order valence-corrected chi connectivity index (χ1v) is 10.0. The van der Waals surface area contributed by atoms with Gasteiger partial charge >= 0.3 is 6.09 Å². The number of carbonyl (C=O) groups excluding carboxylic acids is 2. The number of ether oxygens (including phenoxy) is 1. The Bertz CT molecular complexity index is 1100. The first-order valence-electron chi connectivity index (χ1n) is 10.0. The Hall–Kier alpha value is -4.01. The molecule has 3 rings (SSSR count). The number of nitrogens with zero attached hydrogens (tertiary/aromatic N) is 3. The quantitative estimate of drug-likeness (QED) is 0.508. The Morgan fingerprint density at radius 3 is 2.82 bits per heavy atom. The van der Waals surface area contributed by atoms with Gasteiger partial charge in [-0.15, -0.1) is 0 Å².